The number of hydrogen-bond donors (Lipinski definition) is 0. The molecule has 5 nitrogen and oxygen atoms in total. The van der Waals surface area contributed by atoms with Gasteiger partial charge in [-0.25, -0.2) is 4.79 Å². The normalized spacial score (nSPS) is 10.7. The molecule has 2 heterocycles. The number of nitrogens with zero attached hydrogens (tertiary/aromatic N) is 2. The summed E-state index contributed by atoms with van der Waals surface area (Å²) in [5.74, 6) is -0.478. The van der Waals surface area contributed by atoms with Gasteiger partial charge in [0.2, 0.25) is 0 Å². The molecule has 3 aromatic rings. The summed E-state index contributed by atoms with van der Waals surface area (Å²) in [6, 6.07) is 10.3. The van der Waals surface area contributed by atoms with Gasteiger partial charge in [-0.2, -0.15) is 0 Å². The molecule has 23 heavy (non-hydrogen) atoms. The van der Waals surface area contributed by atoms with Crippen LogP contribution in [0.1, 0.15) is 15.9 Å². The maximum Gasteiger partial charge on any atom is 0.339 e. The van der Waals surface area contributed by atoms with Crippen molar-refractivity contribution in [1.29, 1.82) is 0 Å². The summed E-state index contributed by atoms with van der Waals surface area (Å²) in [5.41, 5.74) is 1.87. The van der Waals surface area contributed by atoms with Crippen molar-refractivity contribution in [3.63, 3.8) is 0 Å². The van der Waals surface area contributed by atoms with Gasteiger partial charge in [-0.15, -0.1) is 0 Å². The van der Waals surface area contributed by atoms with Crippen LogP contribution in [-0.4, -0.2) is 22.6 Å². The highest BCUT2D eigenvalue weighted by atomic mass is 35.5. The average molecular weight is 329 g/mol. The minimum Gasteiger partial charge on any atom is -0.465 e. The van der Waals surface area contributed by atoms with E-state index in [1.165, 1.54) is 30.0 Å². The van der Waals surface area contributed by atoms with Gasteiger partial charge in [-0.1, -0.05) is 17.7 Å². The van der Waals surface area contributed by atoms with Gasteiger partial charge < -0.3 is 9.30 Å². The highest BCUT2D eigenvalue weighted by Gasteiger charge is 2.08. The van der Waals surface area contributed by atoms with E-state index in [4.69, 9.17) is 11.6 Å². The number of benzene rings is 1. The standard InChI is InChI=1S/C17H13ClN2O3/c1-23-17(22)12-3-5-16(21)20(10-12)9-11-2-4-15-13(6-11)7-14(18)8-19-15/h2-8,10H,9H2,1H3. The van der Waals surface area contributed by atoms with Crippen molar-refractivity contribution in [3.05, 3.63) is 75.3 Å². The number of hydrogen-bond acceptors (Lipinski definition) is 4. The third kappa shape index (κ3) is 3.24. The predicted octanol–water partition coefficient (Wildman–Crippen LogP) is 2.88. The lowest BCUT2D eigenvalue weighted by Gasteiger charge is -2.08. The quantitative estimate of drug-likeness (QED) is 0.694. The van der Waals surface area contributed by atoms with Crippen molar-refractivity contribution in [3.8, 4) is 0 Å². The largest absolute Gasteiger partial charge is 0.465 e. The van der Waals surface area contributed by atoms with Crippen LogP contribution in [0.4, 0.5) is 0 Å². The third-order valence-corrected chi connectivity index (χ3v) is 3.68. The minimum atomic E-state index is -0.478. The highest BCUT2D eigenvalue weighted by Crippen LogP contribution is 2.18. The molecule has 0 spiro atoms. The molecule has 0 amide bonds. The first-order chi connectivity index (χ1) is 11.1. The Bertz CT molecular complexity index is 950. The van der Waals surface area contributed by atoms with Crippen molar-refractivity contribution >= 4 is 28.5 Å². The van der Waals surface area contributed by atoms with Crippen LogP contribution in [0.5, 0.6) is 0 Å². The van der Waals surface area contributed by atoms with Gasteiger partial charge in [0.05, 0.1) is 29.8 Å². The van der Waals surface area contributed by atoms with Crippen LogP contribution in [-0.2, 0) is 11.3 Å². The number of carbonyl (C=O) groups is 1. The Morgan fingerprint density at radius 2 is 2.09 bits per heavy atom. The summed E-state index contributed by atoms with van der Waals surface area (Å²) in [6.07, 6.45) is 3.09. The molecule has 6 heteroatoms. The van der Waals surface area contributed by atoms with Gasteiger partial charge in [-0.3, -0.25) is 9.78 Å². The van der Waals surface area contributed by atoms with E-state index >= 15 is 0 Å². The van der Waals surface area contributed by atoms with E-state index in [0.717, 1.165) is 16.5 Å². The van der Waals surface area contributed by atoms with Gasteiger partial charge in [-0.05, 0) is 29.8 Å². The first kappa shape index (κ1) is 15.2. The average Bonchev–Trinajstić information content (AvgIpc) is 2.55. The van der Waals surface area contributed by atoms with Crippen LogP contribution in [0.2, 0.25) is 5.02 Å². The lowest BCUT2D eigenvalue weighted by Crippen LogP contribution is -2.21. The Kier molecular flexibility index (Phi) is 4.12. The molecule has 1 aromatic carbocycles. The molecule has 3 rings (SSSR count). The van der Waals surface area contributed by atoms with Gasteiger partial charge in [0, 0.05) is 23.8 Å². The number of halogens is 1. The van der Waals surface area contributed by atoms with Crippen molar-refractivity contribution in [1.82, 2.24) is 9.55 Å². The van der Waals surface area contributed by atoms with Gasteiger partial charge >= 0.3 is 5.97 Å². The highest BCUT2D eigenvalue weighted by molar-refractivity contribution is 6.31. The lowest BCUT2D eigenvalue weighted by atomic mass is 10.1. The second-order valence-corrected chi connectivity index (χ2v) is 5.49. The van der Waals surface area contributed by atoms with E-state index in [1.807, 2.05) is 24.3 Å². The molecule has 116 valence electrons. The van der Waals surface area contributed by atoms with E-state index in [-0.39, 0.29) is 5.56 Å². The number of carbonyl (C=O) groups excluding carboxylic acids is 1. The van der Waals surface area contributed by atoms with Crippen LogP contribution < -0.4 is 5.56 Å². The third-order valence-electron chi connectivity index (χ3n) is 3.47. The zero-order chi connectivity index (χ0) is 16.4. The number of aromatic nitrogens is 2. The van der Waals surface area contributed by atoms with Gasteiger partial charge in [0.15, 0.2) is 0 Å². The summed E-state index contributed by atoms with van der Waals surface area (Å²) in [4.78, 5) is 27.8. The predicted molar refractivity (Wildman–Crippen MR) is 87.9 cm³/mol. The Morgan fingerprint density at radius 3 is 2.87 bits per heavy atom. The molecule has 0 radical (unpaired) electrons. The number of methoxy groups -OCH3 is 1. The van der Waals surface area contributed by atoms with E-state index in [2.05, 4.69) is 9.72 Å². The van der Waals surface area contributed by atoms with Crippen LogP contribution in [0.15, 0.2) is 53.6 Å². The Hall–Kier alpha value is -2.66. The SMILES string of the molecule is COC(=O)c1ccc(=O)n(Cc2ccc3ncc(Cl)cc3c2)c1. The van der Waals surface area contributed by atoms with E-state index in [1.54, 1.807) is 6.20 Å². The molecule has 0 unspecified atom stereocenters. The topological polar surface area (TPSA) is 61.2 Å². The molecule has 0 atom stereocenters. The number of fused-ring (bicyclic) bond motifs is 1. The Labute approximate surface area is 137 Å². The van der Waals surface area contributed by atoms with E-state index < -0.39 is 5.97 Å². The number of ether oxygens (including phenoxy) is 1. The molecule has 0 aliphatic rings. The second kappa shape index (κ2) is 6.22. The van der Waals surface area contributed by atoms with Crippen LogP contribution in [0, 0.1) is 0 Å². The summed E-state index contributed by atoms with van der Waals surface area (Å²) < 4.78 is 6.14. The first-order valence-electron chi connectivity index (χ1n) is 6.90. The summed E-state index contributed by atoms with van der Waals surface area (Å²) in [6.45, 7) is 0.339. The molecule has 0 saturated carbocycles. The van der Waals surface area contributed by atoms with Crippen molar-refractivity contribution < 1.29 is 9.53 Å². The summed E-state index contributed by atoms with van der Waals surface area (Å²) in [5, 5.41) is 1.45. The van der Waals surface area contributed by atoms with Gasteiger partial charge in [0.1, 0.15) is 0 Å². The fourth-order valence-corrected chi connectivity index (χ4v) is 2.51. The molecule has 0 aliphatic carbocycles. The van der Waals surface area contributed by atoms with E-state index in [0.29, 0.717) is 17.1 Å². The van der Waals surface area contributed by atoms with E-state index in [9.17, 15) is 9.59 Å². The van der Waals surface area contributed by atoms with Crippen LogP contribution >= 0.6 is 11.6 Å². The van der Waals surface area contributed by atoms with Gasteiger partial charge in [0.25, 0.3) is 5.56 Å². The summed E-state index contributed by atoms with van der Waals surface area (Å²) >= 11 is 5.96. The minimum absolute atomic E-state index is 0.193. The zero-order valence-electron chi connectivity index (χ0n) is 12.3. The maximum atomic E-state index is 12.0. The lowest BCUT2D eigenvalue weighted by molar-refractivity contribution is 0.0599. The fourth-order valence-electron chi connectivity index (χ4n) is 2.34. The molecule has 2 aromatic heterocycles. The first-order valence-corrected chi connectivity index (χ1v) is 7.27. The van der Waals surface area contributed by atoms with Crippen molar-refractivity contribution in [2.45, 2.75) is 6.54 Å². The smallest absolute Gasteiger partial charge is 0.339 e. The van der Waals surface area contributed by atoms with Crippen LogP contribution in [0.25, 0.3) is 10.9 Å². The Balaban J connectivity index is 1.98. The Morgan fingerprint density at radius 1 is 1.26 bits per heavy atom. The molecule has 0 fully saturated rings. The fraction of sp³-hybridized carbons (Fsp3) is 0.118. The molecule has 0 N–H and O–H groups in total. The second-order valence-electron chi connectivity index (χ2n) is 5.06. The molecular formula is C17H13ClN2O3. The van der Waals surface area contributed by atoms with Crippen molar-refractivity contribution in [2.75, 3.05) is 7.11 Å². The summed E-state index contributed by atoms with van der Waals surface area (Å²) in [7, 11) is 1.30. The van der Waals surface area contributed by atoms with Crippen molar-refractivity contribution in [2.24, 2.45) is 0 Å². The molecule has 0 aliphatic heterocycles. The number of rotatable bonds is 3. The molecule has 0 saturated heterocycles. The molecule has 0 bridgehead atoms. The maximum absolute atomic E-state index is 12.0. The zero-order valence-corrected chi connectivity index (χ0v) is 13.1. The molecular weight excluding hydrogens is 316 g/mol. The van der Waals surface area contributed by atoms with Crippen LogP contribution in [0.3, 0.4) is 0 Å². The monoisotopic (exact) mass is 328 g/mol. The number of esters is 1. The number of pyridine rings is 2.